The summed E-state index contributed by atoms with van der Waals surface area (Å²) in [5.74, 6) is 0.807. The number of benzene rings is 1. The van der Waals surface area contributed by atoms with E-state index in [1.165, 1.54) is 11.1 Å². The third kappa shape index (κ3) is 5.53. The van der Waals surface area contributed by atoms with E-state index in [-0.39, 0.29) is 29.4 Å². The predicted molar refractivity (Wildman–Crippen MR) is 99.2 cm³/mol. The molecule has 0 aromatic heterocycles. The first-order valence-corrected chi connectivity index (χ1v) is 6.63. The maximum atomic E-state index is 4.19. The molecule has 0 saturated carbocycles. The van der Waals surface area contributed by atoms with Gasteiger partial charge in [-0.1, -0.05) is 44.2 Å². The molecular formula is C16H26IN3. The summed E-state index contributed by atoms with van der Waals surface area (Å²) in [6, 6.07) is 8.51. The number of nitrogens with zero attached hydrogens (tertiary/aromatic N) is 1. The molecule has 2 N–H and O–H groups in total. The first-order chi connectivity index (χ1) is 9.01. The van der Waals surface area contributed by atoms with Crippen LogP contribution in [0.25, 0.3) is 0 Å². The molecule has 0 amide bonds. The third-order valence-corrected chi connectivity index (χ3v) is 3.21. The van der Waals surface area contributed by atoms with E-state index in [0.29, 0.717) is 6.54 Å². The molecule has 20 heavy (non-hydrogen) atoms. The van der Waals surface area contributed by atoms with Crippen molar-refractivity contribution in [3.63, 3.8) is 0 Å². The molecule has 1 aromatic carbocycles. The molecule has 4 heteroatoms. The quantitative estimate of drug-likeness (QED) is 0.352. The van der Waals surface area contributed by atoms with Crippen LogP contribution >= 0.6 is 24.0 Å². The van der Waals surface area contributed by atoms with Crippen molar-refractivity contribution in [2.75, 3.05) is 20.1 Å². The van der Waals surface area contributed by atoms with Crippen molar-refractivity contribution in [3.05, 3.63) is 48.0 Å². The van der Waals surface area contributed by atoms with E-state index in [2.05, 4.69) is 67.2 Å². The first kappa shape index (κ1) is 19.0. The number of aryl methyl sites for hydroxylation is 1. The number of halogens is 1. The van der Waals surface area contributed by atoms with Gasteiger partial charge in [-0.3, -0.25) is 4.99 Å². The van der Waals surface area contributed by atoms with E-state index >= 15 is 0 Å². The molecule has 0 bridgehead atoms. The second-order valence-corrected chi connectivity index (χ2v) is 5.29. The summed E-state index contributed by atoms with van der Waals surface area (Å²) in [7, 11) is 1.78. The number of rotatable bonds is 5. The minimum Gasteiger partial charge on any atom is -0.356 e. The smallest absolute Gasteiger partial charge is 0.191 e. The van der Waals surface area contributed by atoms with Crippen molar-refractivity contribution in [1.82, 2.24) is 10.6 Å². The van der Waals surface area contributed by atoms with Gasteiger partial charge in [-0.25, -0.2) is 0 Å². The molecule has 3 nitrogen and oxygen atoms in total. The van der Waals surface area contributed by atoms with Crippen LogP contribution in [0, 0.1) is 6.92 Å². The maximum Gasteiger partial charge on any atom is 0.191 e. The molecule has 1 aromatic rings. The zero-order valence-corrected chi connectivity index (χ0v) is 15.2. The van der Waals surface area contributed by atoms with Crippen molar-refractivity contribution in [3.8, 4) is 0 Å². The van der Waals surface area contributed by atoms with Gasteiger partial charge in [0.1, 0.15) is 0 Å². The van der Waals surface area contributed by atoms with Crippen LogP contribution in [0.2, 0.25) is 0 Å². The van der Waals surface area contributed by atoms with E-state index in [4.69, 9.17) is 0 Å². The van der Waals surface area contributed by atoms with E-state index in [0.717, 1.165) is 12.5 Å². The topological polar surface area (TPSA) is 36.4 Å². The van der Waals surface area contributed by atoms with Gasteiger partial charge in [-0.2, -0.15) is 0 Å². The molecule has 0 aliphatic carbocycles. The normalized spacial score (nSPS) is 11.5. The minimum atomic E-state index is 0. The Hall–Kier alpha value is -1.04. The van der Waals surface area contributed by atoms with Gasteiger partial charge in [0.2, 0.25) is 0 Å². The lowest BCUT2D eigenvalue weighted by Gasteiger charge is -2.28. The first-order valence-electron chi connectivity index (χ1n) is 6.63. The summed E-state index contributed by atoms with van der Waals surface area (Å²) >= 11 is 0. The van der Waals surface area contributed by atoms with Crippen LogP contribution in [0.3, 0.4) is 0 Å². The van der Waals surface area contributed by atoms with Crippen LogP contribution in [0.1, 0.15) is 25.0 Å². The maximum absolute atomic E-state index is 4.19. The number of hydrogen-bond donors (Lipinski definition) is 2. The van der Waals surface area contributed by atoms with Crippen LogP contribution in [-0.2, 0) is 5.41 Å². The highest BCUT2D eigenvalue weighted by Gasteiger charge is 2.22. The van der Waals surface area contributed by atoms with Gasteiger partial charge in [0.05, 0.1) is 0 Å². The largest absolute Gasteiger partial charge is 0.356 e. The monoisotopic (exact) mass is 387 g/mol. The predicted octanol–water partition coefficient (Wildman–Crippen LogP) is 3.24. The average Bonchev–Trinajstić information content (AvgIpc) is 2.39. The van der Waals surface area contributed by atoms with Gasteiger partial charge < -0.3 is 10.6 Å². The zero-order chi connectivity index (χ0) is 14.3. The summed E-state index contributed by atoms with van der Waals surface area (Å²) in [4.78, 5) is 4.19. The SMILES string of the molecule is C=CCNC(=NC)NCC(C)(C)c1ccccc1C.I. The molecule has 0 heterocycles. The Balaban J connectivity index is 0.00000361. The van der Waals surface area contributed by atoms with Gasteiger partial charge in [0.15, 0.2) is 5.96 Å². The van der Waals surface area contributed by atoms with Crippen LogP contribution in [0.4, 0.5) is 0 Å². The summed E-state index contributed by atoms with van der Waals surface area (Å²) in [5, 5.41) is 6.54. The molecule has 112 valence electrons. The third-order valence-electron chi connectivity index (χ3n) is 3.21. The highest BCUT2D eigenvalue weighted by molar-refractivity contribution is 14.0. The number of hydrogen-bond acceptors (Lipinski definition) is 1. The van der Waals surface area contributed by atoms with E-state index in [1.54, 1.807) is 7.05 Å². The van der Waals surface area contributed by atoms with Crippen molar-refractivity contribution in [2.24, 2.45) is 4.99 Å². The van der Waals surface area contributed by atoms with Crippen LogP contribution in [0.15, 0.2) is 41.9 Å². The Bertz CT molecular complexity index is 453. The van der Waals surface area contributed by atoms with Gasteiger partial charge in [-0.15, -0.1) is 30.6 Å². The Morgan fingerprint density at radius 1 is 1.30 bits per heavy atom. The number of aliphatic imine (C=N–C) groups is 1. The van der Waals surface area contributed by atoms with E-state index in [9.17, 15) is 0 Å². The molecule has 0 radical (unpaired) electrons. The zero-order valence-electron chi connectivity index (χ0n) is 12.9. The Morgan fingerprint density at radius 2 is 1.95 bits per heavy atom. The standard InChI is InChI=1S/C16H25N3.HI/c1-6-11-18-15(17-5)19-12-16(3,4)14-10-8-7-9-13(14)2;/h6-10H,1,11-12H2,2-5H3,(H2,17,18,19);1H. The van der Waals surface area contributed by atoms with Crippen LogP contribution in [-0.4, -0.2) is 26.1 Å². The fourth-order valence-corrected chi connectivity index (χ4v) is 2.12. The summed E-state index contributed by atoms with van der Waals surface area (Å²) < 4.78 is 0. The van der Waals surface area contributed by atoms with Gasteiger partial charge in [-0.05, 0) is 18.1 Å². The molecule has 1 rings (SSSR count). The minimum absolute atomic E-state index is 0. The second kappa shape index (κ2) is 9.00. The summed E-state index contributed by atoms with van der Waals surface area (Å²) in [6.07, 6.45) is 1.82. The van der Waals surface area contributed by atoms with Crippen molar-refractivity contribution in [1.29, 1.82) is 0 Å². The highest BCUT2D eigenvalue weighted by Crippen LogP contribution is 2.25. The van der Waals surface area contributed by atoms with Gasteiger partial charge >= 0.3 is 0 Å². The Kier molecular flexibility index (Phi) is 8.53. The average molecular weight is 387 g/mol. The number of nitrogens with one attached hydrogen (secondary N) is 2. The molecule has 0 spiro atoms. The molecule has 0 fully saturated rings. The fraction of sp³-hybridized carbons (Fsp3) is 0.438. The molecule has 0 atom stereocenters. The molecule has 0 aliphatic heterocycles. The lowest BCUT2D eigenvalue weighted by Crippen LogP contribution is -2.43. The van der Waals surface area contributed by atoms with Crippen molar-refractivity contribution >= 4 is 29.9 Å². The fourth-order valence-electron chi connectivity index (χ4n) is 2.12. The lowest BCUT2D eigenvalue weighted by molar-refractivity contribution is 0.506. The summed E-state index contributed by atoms with van der Waals surface area (Å²) in [6.45, 7) is 11.9. The highest BCUT2D eigenvalue weighted by atomic mass is 127. The lowest BCUT2D eigenvalue weighted by atomic mass is 9.82. The molecule has 0 unspecified atom stereocenters. The molecule has 0 aliphatic rings. The van der Waals surface area contributed by atoms with Crippen molar-refractivity contribution < 1.29 is 0 Å². The molecule has 0 saturated heterocycles. The van der Waals surface area contributed by atoms with Gasteiger partial charge in [0.25, 0.3) is 0 Å². The van der Waals surface area contributed by atoms with Crippen LogP contribution in [0.5, 0.6) is 0 Å². The van der Waals surface area contributed by atoms with Crippen LogP contribution < -0.4 is 10.6 Å². The Labute approximate surface area is 140 Å². The Morgan fingerprint density at radius 3 is 2.50 bits per heavy atom. The van der Waals surface area contributed by atoms with Gasteiger partial charge in [0, 0.05) is 25.6 Å². The van der Waals surface area contributed by atoms with E-state index < -0.39 is 0 Å². The summed E-state index contributed by atoms with van der Waals surface area (Å²) in [5.41, 5.74) is 2.74. The van der Waals surface area contributed by atoms with E-state index in [1.807, 2.05) is 6.08 Å². The second-order valence-electron chi connectivity index (χ2n) is 5.29. The number of guanidine groups is 1. The molecular weight excluding hydrogens is 361 g/mol. The van der Waals surface area contributed by atoms with Crippen molar-refractivity contribution in [2.45, 2.75) is 26.2 Å².